The maximum absolute atomic E-state index is 13.5. The second kappa shape index (κ2) is 11.8. The van der Waals surface area contributed by atoms with Gasteiger partial charge in [-0.1, -0.05) is 49.2 Å². The molecule has 1 amide bonds. The van der Waals surface area contributed by atoms with E-state index in [0.29, 0.717) is 17.7 Å². The standard InChI is InChI=1S/C27H30FN3O5/c1-18-13-20(11-12-21(18)28)17-36-26-14-23(27(33)34)30-31(26)15-25(32)29-22-9-5-6-10-24(22)35-16-19-7-3-2-4-8-19/h2-4,7-8,11-14,22,24H,5-6,9-10,15-17H2,1H3,(H,29,32)(H,33,34)/t22-,24-/m0/s1. The lowest BCUT2D eigenvalue weighted by Crippen LogP contribution is -2.47. The third-order valence-corrected chi connectivity index (χ3v) is 6.22. The molecule has 0 saturated heterocycles. The van der Waals surface area contributed by atoms with Crippen LogP contribution in [0.5, 0.6) is 5.88 Å². The molecule has 8 nitrogen and oxygen atoms in total. The number of ether oxygens (including phenoxy) is 2. The zero-order chi connectivity index (χ0) is 25.5. The summed E-state index contributed by atoms with van der Waals surface area (Å²) in [6.07, 6.45) is 3.58. The fourth-order valence-corrected chi connectivity index (χ4v) is 4.31. The van der Waals surface area contributed by atoms with E-state index in [1.54, 1.807) is 19.1 Å². The smallest absolute Gasteiger partial charge is 0.356 e. The highest BCUT2D eigenvalue weighted by atomic mass is 19.1. The Kier molecular flexibility index (Phi) is 8.32. The van der Waals surface area contributed by atoms with E-state index in [9.17, 15) is 19.1 Å². The van der Waals surface area contributed by atoms with Crippen LogP contribution in [0.1, 0.15) is 52.9 Å². The molecule has 3 aromatic rings. The van der Waals surface area contributed by atoms with Crippen LogP contribution in [-0.2, 0) is 29.3 Å². The second-order valence-corrected chi connectivity index (χ2v) is 9.00. The minimum absolute atomic E-state index is 0.0749. The maximum Gasteiger partial charge on any atom is 0.356 e. The number of aryl methyl sites for hydroxylation is 1. The van der Waals surface area contributed by atoms with Crippen molar-refractivity contribution in [1.82, 2.24) is 15.1 Å². The summed E-state index contributed by atoms with van der Waals surface area (Å²) in [5.41, 5.74) is 2.04. The third kappa shape index (κ3) is 6.69. The van der Waals surface area contributed by atoms with Gasteiger partial charge in [-0.05, 0) is 48.6 Å². The number of aromatic carboxylic acids is 1. The summed E-state index contributed by atoms with van der Waals surface area (Å²) >= 11 is 0. The molecule has 2 atom stereocenters. The van der Waals surface area contributed by atoms with Crippen LogP contribution in [0.25, 0.3) is 0 Å². The van der Waals surface area contributed by atoms with Gasteiger partial charge in [-0.2, -0.15) is 5.10 Å². The molecule has 1 saturated carbocycles. The van der Waals surface area contributed by atoms with Crippen LogP contribution in [0.2, 0.25) is 0 Å². The topological polar surface area (TPSA) is 103 Å². The van der Waals surface area contributed by atoms with Gasteiger partial charge in [0.05, 0.1) is 18.8 Å². The van der Waals surface area contributed by atoms with Gasteiger partial charge >= 0.3 is 5.97 Å². The van der Waals surface area contributed by atoms with Crippen molar-refractivity contribution in [3.05, 3.63) is 82.8 Å². The minimum atomic E-state index is -1.22. The molecule has 190 valence electrons. The number of carbonyl (C=O) groups excluding carboxylic acids is 1. The molecule has 1 heterocycles. The van der Waals surface area contributed by atoms with Crippen molar-refractivity contribution in [3.8, 4) is 5.88 Å². The lowest BCUT2D eigenvalue weighted by molar-refractivity contribution is -0.124. The predicted octanol–water partition coefficient (Wildman–Crippen LogP) is 4.25. The number of halogens is 1. The number of carboxylic acid groups (broad SMARTS) is 1. The van der Waals surface area contributed by atoms with Crippen molar-refractivity contribution in [3.63, 3.8) is 0 Å². The first kappa shape index (κ1) is 25.4. The normalized spacial score (nSPS) is 17.5. The number of nitrogens with one attached hydrogen (secondary N) is 1. The number of nitrogens with zero attached hydrogens (tertiary/aromatic N) is 2. The van der Waals surface area contributed by atoms with Gasteiger partial charge in [0.15, 0.2) is 5.69 Å². The monoisotopic (exact) mass is 495 g/mol. The molecule has 0 bridgehead atoms. The Morgan fingerprint density at radius 2 is 1.86 bits per heavy atom. The average Bonchev–Trinajstić information content (AvgIpc) is 3.27. The fraction of sp³-hybridized carbons (Fsp3) is 0.370. The molecule has 1 fully saturated rings. The first-order valence-corrected chi connectivity index (χ1v) is 12.0. The van der Waals surface area contributed by atoms with Crippen molar-refractivity contribution in [2.24, 2.45) is 0 Å². The molecule has 4 rings (SSSR count). The summed E-state index contributed by atoms with van der Waals surface area (Å²) < 4.78 is 26.7. The van der Waals surface area contributed by atoms with Crippen LogP contribution in [0.15, 0.2) is 54.6 Å². The van der Waals surface area contributed by atoms with E-state index in [4.69, 9.17) is 9.47 Å². The highest BCUT2D eigenvalue weighted by molar-refractivity contribution is 5.85. The van der Waals surface area contributed by atoms with Crippen molar-refractivity contribution in [2.45, 2.75) is 64.5 Å². The molecule has 9 heteroatoms. The molecule has 1 aliphatic rings. The number of carboxylic acids is 1. The lowest BCUT2D eigenvalue weighted by Gasteiger charge is -2.32. The number of benzene rings is 2. The van der Waals surface area contributed by atoms with Crippen LogP contribution in [-0.4, -0.2) is 38.9 Å². The Labute approximate surface area is 209 Å². The molecule has 36 heavy (non-hydrogen) atoms. The van der Waals surface area contributed by atoms with Gasteiger partial charge in [0, 0.05) is 6.07 Å². The third-order valence-electron chi connectivity index (χ3n) is 6.22. The van der Waals surface area contributed by atoms with E-state index >= 15 is 0 Å². The quantitative estimate of drug-likeness (QED) is 0.436. The van der Waals surface area contributed by atoms with Gasteiger partial charge in [0.2, 0.25) is 11.8 Å². The van der Waals surface area contributed by atoms with Gasteiger partial charge < -0.3 is 19.9 Å². The van der Waals surface area contributed by atoms with Crippen LogP contribution in [0, 0.1) is 12.7 Å². The van der Waals surface area contributed by atoms with Gasteiger partial charge in [-0.25, -0.2) is 13.9 Å². The van der Waals surface area contributed by atoms with E-state index in [1.165, 1.54) is 16.8 Å². The molecule has 1 aromatic heterocycles. The number of hydrogen-bond donors (Lipinski definition) is 2. The molecule has 2 aromatic carbocycles. The van der Waals surface area contributed by atoms with E-state index in [0.717, 1.165) is 31.2 Å². The zero-order valence-corrected chi connectivity index (χ0v) is 20.2. The molecule has 0 aliphatic heterocycles. The number of amides is 1. The SMILES string of the molecule is Cc1cc(COc2cc(C(=O)O)nn2CC(=O)N[C@H]2CCCC[C@@H]2OCc2ccccc2)ccc1F. The molecular formula is C27H30FN3O5. The first-order valence-electron chi connectivity index (χ1n) is 12.0. The predicted molar refractivity (Wildman–Crippen MR) is 130 cm³/mol. The summed E-state index contributed by atoms with van der Waals surface area (Å²) in [5, 5.41) is 16.4. The molecule has 0 unspecified atom stereocenters. The van der Waals surface area contributed by atoms with E-state index in [2.05, 4.69) is 10.4 Å². The van der Waals surface area contributed by atoms with Crippen LogP contribution in [0.4, 0.5) is 4.39 Å². The largest absolute Gasteiger partial charge is 0.476 e. The minimum Gasteiger partial charge on any atom is -0.476 e. The van der Waals surface area contributed by atoms with Crippen molar-refractivity contribution in [1.29, 1.82) is 0 Å². The zero-order valence-electron chi connectivity index (χ0n) is 20.2. The summed E-state index contributed by atoms with van der Waals surface area (Å²) in [6, 6.07) is 15.6. The average molecular weight is 496 g/mol. The highest BCUT2D eigenvalue weighted by Crippen LogP contribution is 2.23. The second-order valence-electron chi connectivity index (χ2n) is 9.00. The Hall–Kier alpha value is -3.72. The Balaban J connectivity index is 1.39. The fourth-order valence-electron chi connectivity index (χ4n) is 4.31. The molecule has 2 N–H and O–H groups in total. The van der Waals surface area contributed by atoms with Crippen LogP contribution >= 0.6 is 0 Å². The summed E-state index contributed by atoms with van der Waals surface area (Å²) in [6.45, 7) is 2.00. The van der Waals surface area contributed by atoms with Crippen molar-refractivity contribution in [2.75, 3.05) is 0 Å². The number of aromatic nitrogens is 2. The Morgan fingerprint density at radius 1 is 1.08 bits per heavy atom. The molecular weight excluding hydrogens is 465 g/mol. The lowest BCUT2D eigenvalue weighted by atomic mass is 9.92. The number of carbonyl (C=O) groups is 2. The van der Waals surface area contributed by atoms with Crippen molar-refractivity contribution >= 4 is 11.9 Å². The van der Waals surface area contributed by atoms with E-state index in [-0.39, 0.29) is 48.6 Å². The highest BCUT2D eigenvalue weighted by Gasteiger charge is 2.28. The number of rotatable bonds is 10. The van der Waals surface area contributed by atoms with Crippen molar-refractivity contribution < 1.29 is 28.6 Å². The van der Waals surface area contributed by atoms with Crippen LogP contribution in [0.3, 0.4) is 0 Å². The van der Waals surface area contributed by atoms with Gasteiger partial charge in [0.1, 0.15) is 19.0 Å². The van der Waals surface area contributed by atoms with E-state index in [1.807, 2.05) is 30.3 Å². The molecule has 0 radical (unpaired) electrons. The van der Waals surface area contributed by atoms with Gasteiger partial charge in [-0.15, -0.1) is 0 Å². The Morgan fingerprint density at radius 3 is 2.61 bits per heavy atom. The van der Waals surface area contributed by atoms with Crippen LogP contribution < -0.4 is 10.1 Å². The summed E-state index contributed by atoms with van der Waals surface area (Å²) in [7, 11) is 0. The molecule has 0 spiro atoms. The summed E-state index contributed by atoms with van der Waals surface area (Å²) in [5.74, 6) is -1.71. The van der Waals surface area contributed by atoms with E-state index < -0.39 is 5.97 Å². The first-order chi connectivity index (χ1) is 17.4. The van der Waals surface area contributed by atoms with Gasteiger partial charge in [0.25, 0.3) is 0 Å². The number of hydrogen-bond acceptors (Lipinski definition) is 5. The maximum atomic E-state index is 13.5. The van der Waals surface area contributed by atoms with Gasteiger partial charge in [-0.3, -0.25) is 4.79 Å². The molecule has 1 aliphatic carbocycles. The summed E-state index contributed by atoms with van der Waals surface area (Å²) in [4.78, 5) is 24.4. The Bertz CT molecular complexity index is 1200.